The third-order valence-electron chi connectivity index (χ3n) is 2.80. The number of nitro benzene ring substituents is 1. The molecule has 1 aromatic carbocycles. The summed E-state index contributed by atoms with van der Waals surface area (Å²) < 4.78 is 23.5. The minimum absolute atomic E-state index is 0.0617. The molecule has 1 unspecified atom stereocenters. The first-order valence-electron chi connectivity index (χ1n) is 5.74. The Morgan fingerprint density at radius 3 is 2.58 bits per heavy atom. The van der Waals surface area contributed by atoms with E-state index < -0.39 is 22.0 Å². The number of nitrogens with two attached hydrogens (primary N) is 1. The van der Waals surface area contributed by atoms with Crippen LogP contribution in [-0.4, -0.2) is 24.2 Å². The minimum Gasteiger partial charge on any atom is -0.494 e. The number of hydrogen-bond acceptors (Lipinski definition) is 5. The van der Waals surface area contributed by atoms with E-state index in [9.17, 15) is 14.5 Å². The summed E-state index contributed by atoms with van der Waals surface area (Å²) in [6.45, 7) is 3.72. The lowest BCUT2D eigenvalue weighted by Gasteiger charge is -2.22. The highest BCUT2D eigenvalue weighted by atomic mass is 19.1. The maximum Gasteiger partial charge on any atom is 0.314 e. The monoisotopic (exact) mass is 272 g/mol. The van der Waals surface area contributed by atoms with E-state index in [2.05, 4.69) is 0 Å². The van der Waals surface area contributed by atoms with Crippen molar-refractivity contribution in [2.24, 2.45) is 5.73 Å². The summed E-state index contributed by atoms with van der Waals surface area (Å²) in [5.41, 5.74) is 4.82. The number of methoxy groups -OCH3 is 1. The van der Waals surface area contributed by atoms with Crippen molar-refractivity contribution in [3.63, 3.8) is 0 Å². The molecule has 0 aromatic heterocycles. The summed E-state index contributed by atoms with van der Waals surface area (Å²) in [7, 11) is 1.27. The Labute approximate surface area is 110 Å². The molecule has 0 fully saturated rings. The van der Waals surface area contributed by atoms with E-state index in [-0.39, 0.29) is 18.1 Å². The molecule has 1 atom stereocenters. The van der Waals surface area contributed by atoms with Crippen molar-refractivity contribution < 1.29 is 18.8 Å². The molecular weight excluding hydrogens is 255 g/mol. The molecule has 1 rings (SSSR count). The van der Waals surface area contributed by atoms with Crippen LogP contribution in [0.2, 0.25) is 0 Å². The summed E-state index contributed by atoms with van der Waals surface area (Å²) >= 11 is 0. The van der Waals surface area contributed by atoms with Crippen LogP contribution >= 0.6 is 0 Å². The molecule has 6 nitrogen and oxygen atoms in total. The van der Waals surface area contributed by atoms with Gasteiger partial charge in [-0.05, 0) is 13.3 Å². The van der Waals surface area contributed by atoms with Gasteiger partial charge in [-0.25, -0.2) is 4.39 Å². The fraction of sp³-hybridized carbons (Fsp3) is 0.500. The number of rotatable bonds is 6. The maximum absolute atomic E-state index is 13.4. The van der Waals surface area contributed by atoms with Crippen LogP contribution in [0.3, 0.4) is 0 Å². The highest BCUT2D eigenvalue weighted by Gasteiger charge is 2.23. The van der Waals surface area contributed by atoms with E-state index in [4.69, 9.17) is 15.2 Å². The van der Waals surface area contributed by atoms with Gasteiger partial charge in [-0.3, -0.25) is 10.1 Å². The van der Waals surface area contributed by atoms with Crippen LogP contribution in [0.25, 0.3) is 0 Å². The molecule has 0 saturated heterocycles. The Morgan fingerprint density at radius 1 is 1.47 bits per heavy atom. The van der Waals surface area contributed by atoms with E-state index in [1.54, 1.807) is 6.92 Å². The molecule has 0 saturated carbocycles. The maximum atomic E-state index is 13.4. The molecule has 0 bridgehead atoms. The fourth-order valence-corrected chi connectivity index (χ4v) is 1.28. The van der Waals surface area contributed by atoms with Crippen molar-refractivity contribution in [2.75, 3.05) is 13.7 Å². The van der Waals surface area contributed by atoms with Crippen molar-refractivity contribution in [3.8, 4) is 11.5 Å². The summed E-state index contributed by atoms with van der Waals surface area (Å²) in [4.78, 5) is 10.1. The lowest BCUT2D eigenvalue weighted by Crippen LogP contribution is -2.41. The van der Waals surface area contributed by atoms with Crippen LogP contribution in [0.4, 0.5) is 10.1 Å². The van der Waals surface area contributed by atoms with Gasteiger partial charge >= 0.3 is 5.69 Å². The Kier molecular flexibility index (Phi) is 4.66. The summed E-state index contributed by atoms with van der Waals surface area (Å²) in [5, 5.41) is 10.9. The quantitative estimate of drug-likeness (QED) is 0.633. The molecule has 106 valence electrons. The first-order valence-corrected chi connectivity index (χ1v) is 5.74. The zero-order chi connectivity index (χ0) is 14.6. The zero-order valence-electron chi connectivity index (χ0n) is 11.1. The van der Waals surface area contributed by atoms with E-state index >= 15 is 0 Å². The molecule has 0 amide bonds. The van der Waals surface area contributed by atoms with Gasteiger partial charge in [0.25, 0.3) is 0 Å². The summed E-state index contributed by atoms with van der Waals surface area (Å²) in [6, 6.07) is 1.92. The van der Waals surface area contributed by atoms with Crippen LogP contribution in [-0.2, 0) is 0 Å². The SMILES string of the molecule is CCC(C)(N)COc1cc(OC)c(F)cc1[N+](=O)[O-]. The van der Waals surface area contributed by atoms with E-state index in [1.165, 1.54) is 7.11 Å². The van der Waals surface area contributed by atoms with Crippen molar-refractivity contribution in [1.29, 1.82) is 0 Å². The molecule has 2 N–H and O–H groups in total. The molecule has 0 aliphatic carbocycles. The molecule has 7 heteroatoms. The van der Waals surface area contributed by atoms with Gasteiger partial charge in [-0.1, -0.05) is 6.92 Å². The van der Waals surface area contributed by atoms with Gasteiger partial charge in [-0.2, -0.15) is 0 Å². The summed E-state index contributed by atoms with van der Waals surface area (Å²) in [6.07, 6.45) is 0.638. The molecule has 1 aromatic rings. The molecule has 0 radical (unpaired) electrons. The molecule has 19 heavy (non-hydrogen) atoms. The van der Waals surface area contributed by atoms with Crippen LogP contribution in [0, 0.1) is 15.9 Å². The first kappa shape index (κ1) is 15.2. The molecule has 0 spiro atoms. The van der Waals surface area contributed by atoms with E-state index in [0.717, 1.165) is 12.1 Å². The molecular formula is C12H17FN2O4. The molecule has 0 aliphatic rings. The number of halogens is 1. The number of benzene rings is 1. The Bertz CT molecular complexity index is 477. The highest BCUT2D eigenvalue weighted by Crippen LogP contribution is 2.34. The number of nitrogens with zero attached hydrogens (tertiary/aromatic N) is 1. The average Bonchev–Trinajstić information content (AvgIpc) is 2.36. The second-order valence-electron chi connectivity index (χ2n) is 4.51. The van der Waals surface area contributed by atoms with Gasteiger partial charge in [-0.15, -0.1) is 0 Å². The van der Waals surface area contributed by atoms with Gasteiger partial charge in [0.05, 0.1) is 18.1 Å². The van der Waals surface area contributed by atoms with Crippen LogP contribution in [0.1, 0.15) is 20.3 Å². The van der Waals surface area contributed by atoms with Gasteiger partial charge < -0.3 is 15.2 Å². The van der Waals surface area contributed by atoms with Crippen LogP contribution in [0.5, 0.6) is 11.5 Å². The topological polar surface area (TPSA) is 87.6 Å². The Hall–Kier alpha value is -1.89. The second kappa shape index (κ2) is 5.83. The van der Waals surface area contributed by atoms with Crippen LogP contribution < -0.4 is 15.2 Å². The van der Waals surface area contributed by atoms with E-state index in [0.29, 0.717) is 6.42 Å². The average molecular weight is 272 g/mol. The first-order chi connectivity index (χ1) is 8.80. The fourth-order valence-electron chi connectivity index (χ4n) is 1.28. The molecule has 0 aliphatic heterocycles. The summed E-state index contributed by atoms with van der Waals surface area (Å²) in [5.74, 6) is -0.989. The normalized spacial score (nSPS) is 13.7. The van der Waals surface area contributed by atoms with Crippen LogP contribution in [0.15, 0.2) is 12.1 Å². The van der Waals surface area contributed by atoms with Crippen molar-refractivity contribution in [1.82, 2.24) is 0 Å². The van der Waals surface area contributed by atoms with E-state index in [1.807, 2.05) is 6.92 Å². The van der Waals surface area contributed by atoms with Gasteiger partial charge in [0.15, 0.2) is 11.6 Å². The number of ether oxygens (including phenoxy) is 2. The lowest BCUT2D eigenvalue weighted by molar-refractivity contribution is -0.386. The number of hydrogen-bond donors (Lipinski definition) is 1. The Balaban J connectivity index is 3.07. The predicted octanol–water partition coefficient (Wildman–Crippen LogP) is 2.25. The predicted molar refractivity (Wildman–Crippen MR) is 68.0 cm³/mol. The zero-order valence-corrected chi connectivity index (χ0v) is 11.1. The number of nitro groups is 1. The van der Waals surface area contributed by atoms with Gasteiger partial charge in [0.2, 0.25) is 5.75 Å². The van der Waals surface area contributed by atoms with Crippen molar-refractivity contribution >= 4 is 5.69 Å². The second-order valence-corrected chi connectivity index (χ2v) is 4.51. The molecule has 0 heterocycles. The highest BCUT2D eigenvalue weighted by molar-refractivity contribution is 5.51. The third-order valence-corrected chi connectivity index (χ3v) is 2.80. The minimum atomic E-state index is -0.812. The van der Waals surface area contributed by atoms with Crippen molar-refractivity contribution in [2.45, 2.75) is 25.8 Å². The smallest absolute Gasteiger partial charge is 0.314 e. The largest absolute Gasteiger partial charge is 0.494 e. The van der Waals surface area contributed by atoms with Gasteiger partial charge in [0, 0.05) is 11.6 Å². The lowest BCUT2D eigenvalue weighted by atomic mass is 10.0. The standard InChI is InChI=1S/C12H17FN2O4/c1-4-12(2,14)7-19-11-6-10(18-3)8(13)5-9(11)15(16)17/h5-6H,4,7,14H2,1-3H3. The van der Waals surface area contributed by atoms with Gasteiger partial charge in [0.1, 0.15) is 6.61 Å². The Morgan fingerprint density at radius 2 is 2.11 bits per heavy atom. The van der Waals surface area contributed by atoms with Crippen molar-refractivity contribution in [3.05, 3.63) is 28.1 Å². The third kappa shape index (κ3) is 3.78.